The number of hydrazine groups is 1. The van der Waals surface area contributed by atoms with Crippen molar-refractivity contribution in [3.05, 3.63) is 46.5 Å². The highest BCUT2D eigenvalue weighted by Crippen LogP contribution is 2.44. The molecule has 1 aromatic heterocycles. The van der Waals surface area contributed by atoms with E-state index in [-0.39, 0.29) is 24.0 Å². The first-order valence-electron chi connectivity index (χ1n) is 15.3. The van der Waals surface area contributed by atoms with Crippen LogP contribution in [0.2, 0.25) is 0 Å². The third kappa shape index (κ3) is 5.06. The van der Waals surface area contributed by atoms with E-state index in [1.54, 1.807) is 0 Å². The van der Waals surface area contributed by atoms with Crippen molar-refractivity contribution in [3.63, 3.8) is 0 Å². The van der Waals surface area contributed by atoms with Crippen LogP contribution in [0.25, 0.3) is 0 Å². The Bertz CT molecular complexity index is 1230. The van der Waals surface area contributed by atoms with Gasteiger partial charge in [-0.05, 0) is 95.1 Å². The summed E-state index contributed by atoms with van der Waals surface area (Å²) in [5.41, 5.74) is 12.1. The maximum absolute atomic E-state index is 13.7. The van der Waals surface area contributed by atoms with Gasteiger partial charge in [0.1, 0.15) is 11.6 Å². The van der Waals surface area contributed by atoms with E-state index in [2.05, 4.69) is 71.5 Å². The second-order valence-corrected chi connectivity index (χ2v) is 13.0. The highest BCUT2D eigenvalue weighted by atomic mass is 16.3. The van der Waals surface area contributed by atoms with E-state index in [0.717, 1.165) is 69.0 Å². The number of fused-ring (bicyclic) bond motifs is 2. The number of nitrogens with zero attached hydrogens (tertiary/aromatic N) is 4. The molecule has 6 atom stereocenters. The van der Waals surface area contributed by atoms with Gasteiger partial charge in [-0.1, -0.05) is 13.0 Å². The molecule has 40 heavy (non-hydrogen) atoms. The molecule has 1 aromatic carbocycles. The monoisotopic (exact) mass is 549 g/mol. The van der Waals surface area contributed by atoms with E-state index in [1.807, 2.05) is 12.1 Å². The zero-order valence-corrected chi connectivity index (χ0v) is 24.8. The fraction of sp³-hybridized carbons (Fsp3) is 0.677. The Morgan fingerprint density at radius 3 is 2.75 bits per heavy atom. The van der Waals surface area contributed by atoms with E-state index < -0.39 is 0 Å². The number of carbonyl (C=O) groups excluding carboxylic acids is 1. The van der Waals surface area contributed by atoms with Crippen LogP contribution in [-0.2, 0) is 24.2 Å². The number of phenols is 1. The second-order valence-electron chi connectivity index (χ2n) is 13.0. The van der Waals surface area contributed by atoms with Gasteiger partial charge < -0.3 is 19.9 Å². The SMILES string of the molecule is CCc1cc(O)ccc1C1CCC2C(C1)NNC2c1nc2c([nH]1)CN(C(C)C)[C@H](C(=O)N1CC[C@H](N(C)C)C1)C2. The first kappa shape index (κ1) is 27.7. The Morgan fingerprint density at radius 2 is 2.02 bits per heavy atom. The van der Waals surface area contributed by atoms with Crippen molar-refractivity contribution in [1.82, 2.24) is 35.5 Å². The summed E-state index contributed by atoms with van der Waals surface area (Å²) in [7, 11) is 4.21. The molecule has 3 fully saturated rings. The number of nitrogens with one attached hydrogen (secondary N) is 3. The first-order chi connectivity index (χ1) is 19.2. The van der Waals surface area contributed by atoms with Crippen molar-refractivity contribution < 1.29 is 9.90 Å². The number of hydrogen-bond acceptors (Lipinski definition) is 7. The highest BCUT2D eigenvalue weighted by Gasteiger charge is 2.44. The van der Waals surface area contributed by atoms with E-state index in [4.69, 9.17) is 4.98 Å². The number of aromatic hydroxyl groups is 1. The van der Waals surface area contributed by atoms with Gasteiger partial charge >= 0.3 is 0 Å². The molecule has 1 aliphatic carbocycles. The lowest BCUT2D eigenvalue weighted by Crippen LogP contribution is -2.53. The normalized spacial score (nSPS) is 30.7. The predicted octanol–water partition coefficient (Wildman–Crippen LogP) is 3.08. The van der Waals surface area contributed by atoms with Crippen molar-refractivity contribution in [2.24, 2.45) is 5.92 Å². The van der Waals surface area contributed by atoms with Gasteiger partial charge in [-0.15, -0.1) is 0 Å². The Kier molecular flexibility index (Phi) is 7.67. The van der Waals surface area contributed by atoms with Gasteiger partial charge in [-0.25, -0.2) is 10.4 Å². The van der Waals surface area contributed by atoms with Crippen LogP contribution < -0.4 is 10.9 Å². The highest BCUT2D eigenvalue weighted by molar-refractivity contribution is 5.83. The minimum atomic E-state index is -0.152. The fourth-order valence-electron chi connectivity index (χ4n) is 7.77. The predicted molar refractivity (Wildman–Crippen MR) is 156 cm³/mol. The van der Waals surface area contributed by atoms with Crippen molar-refractivity contribution >= 4 is 5.91 Å². The Hall–Kier alpha value is -2.46. The molecule has 0 radical (unpaired) electrons. The number of hydrogen-bond donors (Lipinski definition) is 4. The number of aryl methyl sites for hydroxylation is 1. The summed E-state index contributed by atoms with van der Waals surface area (Å²) in [4.78, 5) is 29.3. The Morgan fingerprint density at radius 1 is 1.20 bits per heavy atom. The molecule has 2 aromatic rings. The summed E-state index contributed by atoms with van der Waals surface area (Å²) in [5.74, 6) is 2.59. The molecule has 4 aliphatic rings. The Labute approximate surface area is 238 Å². The van der Waals surface area contributed by atoms with Crippen LogP contribution in [0.15, 0.2) is 18.2 Å². The van der Waals surface area contributed by atoms with Crippen LogP contribution >= 0.6 is 0 Å². The maximum atomic E-state index is 13.7. The van der Waals surface area contributed by atoms with E-state index in [9.17, 15) is 9.90 Å². The van der Waals surface area contributed by atoms with Gasteiger partial charge in [0.05, 0.1) is 23.5 Å². The number of aromatic amines is 1. The number of aromatic nitrogens is 2. The minimum absolute atomic E-state index is 0.142. The largest absolute Gasteiger partial charge is 0.508 e. The van der Waals surface area contributed by atoms with Crippen LogP contribution in [0.4, 0.5) is 0 Å². The van der Waals surface area contributed by atoms with Gasteiger partial charge in [0, 0.05) is 44.2 Å². The molecule has 218 valence electrons. The molecule has 1 amide bonds. The number of likely N-dealkylation sites (N-methyl/N-ethyl adjacent to an activating group) is 1. The molecular weight excluding hydrogens is 502 g/mol. The number of imidazole rings is 1. The second kappa shape index (κ2) is 11.1. The quantitative estimate of drug-likeness (QED) is 0.440. The average Bonchev–Trinajstić information content (AvgIpc) is 3.69. The van der Waals surface area contributed by atoms with Gasteiger partial charge in [-0.3, -0.25) is 15.1 Å². The van der Waals surface area contributed by atoms with Crippen LogP contribution in [-0.4, -0.2) is 87.0 Å². The molecule has 4 unspecified atom stereocenters. The standard InChI is InChI=1S/C31H47N7O2/c1-6-19-13-22(39)8-10-23(19)20-7-9-24-25(14-20)34-35-29(24)30-32-26-15-28(38(18(2)3)17-27(26)33-30)31(40)37-12-11-21(16-37)36(4)5/h8,10,13,18,20-21,24-25,28-29,34-35,39H,6-7,9,11-12,14-17H2,1-5H3,(H,32,33)/t20?,21-,24?,25?,28-,29?/m0/s1. The number of likely N-dealkylation sites (tertiary alicyclic amines) is 1. The Balaban J connectivity index is 1.16. The third-order valence-electron chi connectivity index (χ3n) is 10.2. The molecule has 4 heterocycles. The molecule has 9 nitrogen and oxygen atoms in total. The van der Waals surface area contributed by atoms with Crippen molar-refractivity contribution in [1.29, 1.82) is 0 Å². The fourth-order valence-corrected chi connectivity index (χ4v) is 7.77. The molecule has 0 bridgehead atoms. The van der Waals surface area contributed by atoms with E-state index in [1.165, 1.54) is 11.1 Å². The zero-order chi connectivity index (χ0) is 28.1. The van der Waals surface area contributed by atoms with Gasteiger partial charge in [-0.2, -0.15) is 0 Å². The molecule has 9 heteroatoms. The lowest BCUT2D eigenvalue weighted by molar-refractivity contribution is -0.137. The molecule has 6 rings (SSSR count). The van der Waals surface area contributed by atoms with E-state index in [0.29, 0.717) is 36.1 Å². The number of H-pyrrole nitrogens is 1. The summed E-state index contributed by atoms with van der Waals surface area (Å²) in [5, 5.41) is 9.97. The number of benzene rings is 1. The molecular formula is C31H47N7O2. The van der Waals surface area contributed by atoms with Gasteiger partial charge in [0.25, 0.3) is 0 Å². The lowest BCUT2D eigenvalue weighted by Gasteiger charge is -2.38. The van der Waals surface area contributed by atoms with Crippen molar-refractivity contribution in [2.45, 2.75) is 102 Å². The molecule has 4 N–H and O–H groups in total. The number of amides is 1. The molecule has 3 aliphatic heterocycles. The summed E-state index contributed by atoms with van der Waals surface area (Å²) in [6.45, 7) is 8.95. The van der Waals surface area contributed by atoms with Crippen molar-refractivity contribution in [3.8, 4) is 5.75 Å². The first-order valence-corrected chi connectivity index (χ1v) is 15.3. The average molecular weight is 550 g/mol. The van der Waals surface area contributed by atoms with Crippen molar-refractivity contribution in [2.75, 3.05) is 27.2 Å². The minimum Gasteiger partial charge on any atom is -0.508 e. The number of phenolic OH excluding ortho intramolecular Hbond substituents is 1. The third-order valence-corrected chi connectivity index (χ3v) is 10.2. The zero-order valence-electron chi connectivity index (χ0n) is 24.8. The van der Waals surface area contributed by atoms with Gasteiger partial charge in [0.2, 0.25) is 5.91 Å². The lowest BCUT2D eigenvalue weighted by atomic mass is 9.73. The molecule has 2 saturated heterocycles. The summed E-state index contributed by atoms with van der Waals surface area (Å²) in [6.07, 6.45) is 5.99. The van der Waals surface area contributed by atoms with Crippen LogP contribution in [0.1, 0.15) is 86.8 Å². The van der Waals surface area contributed by atoms with Crippen LogP contribution in [0, 0.1) is 5.92 Å². The summed E-state index contributed by atoms with van der Waals surface area (Å²) < 4.78 is 0. The maximum Gasteiger partial charge on any atom is 0.240 e. The molecule has 0 spiro atoms. The summed E-state index contributed by atoms with van der Waals surface area (Å²) in [6, 6.07) is 6.98. The number of rotatable bonds is 6. The van der Waals surface area contributed by atoms with Gasteiger partial charge in [0.15, 0.2) is 0 Å². The topological polar surface area (TPSA) is 99.8 Å². The molecule has 1 saturated carbocycles. The number of carbonyl (C=O) groups is 1. The van der Waals surface area contributed by atoms with Crippen LogP contribution in [0.5, 0.6) is 5.75 Å². The summed E-state index contributed by atoms with van der Waals surface area (Å²) >= 11 is 0. The van der Waals surface area contributed by atoms with E-state index >= 15 is 0 Å². The van der Waals surface area contributed by atoms with Crippen LogP contribution in [0.3, 0.4) is 0 Å². The smallest absolute Gasteiger partial charge is 0.240 e.